The fraction of sp³-hybridized carbons (Fsp3) is 0.400. The van der Waals surface area contributed by atoms with E-state index in [2.05, 4.69) is 5.32 Å². The molecule has 1 aliphatic rings. The Morgan fingerprint density at radius 1 is 1.00 bits per heavy atom. The van der Waals surface area contributed by atoms with Crippen molar-refractivity contribution in [3.05, 3.63) is 47.0 Å². The van der Waals surface area contributed by atoms with Crippen LogP contribution in [0.15, 0.2) is 30.3 Å². The van der Waals surface area contributed by atoms with E-state index in [1.54, 1.807) is 6.07 Å². The van der Waals surface area contributed by atoms with Gasteiger partial charge < -0.3 is 24.3 Å². The molecule has 2 aromatic rings. The third kappa shape index (κ3) is 4.81. The van der Waals surface area contributed by atoms with E-state index in [9.17, 15) is 13.2 Å². The Hall–Kier alpha value is -2.61. The summed E-state index contributed by atoms with van der Waals surface area (Å²) in [6, 6.07) is 8.72. The lowest BCUT2D eigenvalue weighted by molar-refractivity contribution is -0.127. The fourth-order valence-electron chi connectivity index (χ4n) is 3.15. The summed E-state index contributed by atoms with van der Waals surface area (Å²) in [5.74, 6) is 2.09. The van der Waals surface area contributed by atoms with Crippen molar-refractivity contribution in [3.8, 4) is 23.0 Å². The minimum atomic E-state index is -4.32. The first-order chi connectivity index (χ1) is 13.4. The largest absolute Gasteiger partial charge is 0.496 e. The Balaban J connectivity index is 1.64. The van der Waals surface area contributed by atoms with Crippen LogP contribution >= 0.6 is 0 Å². The van der Waals surface area contributed by atoms with Crippen molar-refractivity contribution < 1.29 is 32.1 Å². The number of nitrogens with one attached hydrogen (secondary N) is 1. The maximum atomic E-state index is 12.8. The molecule has 0 saturated carbocycles. The highest BCUT2D eigenvalue weighted by molar-refractivity contribution is 5.48. The van der Waals surface area contributed by atoms with E-state index < -0.39 is 12.6 Å². The summed E-state index contributed by atoms with van der Waals surface area (Å²) >= 11 is 0. The maximum absolute atomic E-state index is 12.8. The zero-order valence-electron chi connectivity index (χ0n) is 15.7. The summed E-state index contributed by atoms with van der Waals surface area (Å²) in [6.07, 6.45) is -4.81. The lowest BCUT2D eigenvalue weighted by atomic mass is 10.0. The molecule has 0 aromatic heterocycles. The van der Waals surface area contributed by atoms with Gasteiger partial charge in [-0.2, -0.15) is 13.2 Å². The lowest BCUT2D eigenvalue weighted by Crippen LogP contribution is -2.18. The fourth-order valence-corrected chi connectivity index (χ4v) is 3.15. The molecule has 2 aromatic carbocycles. The normalized spacial score (nSPS) is 12.9. The molecule has 5 nitrogen and oxygen atoms in total. The van der Waals surface area contributed by atoms with E-state index in [1.165, 1.54) is 20.3 Å². The molecule has 0 atom stereocenters. The van der Waals surface area contributed by atoms with Crippen LogP contribution in [-0.2, 0) is 19.4 Å². The molecule has 1 heterocycles. The molecule has 152 valence electrons. The quantitative estimate of drug-likeness (QED) is 0.686. The molecule has 8 heteroatoms. The molecule has 0 spiro atoms. The number of halogens is 3. The number of hydrogen-bond acceptors (Lipinski definition) is 5. The van der Waals surface area contributed by atoms with Gasteiger partial charge in [-0.1, -0.05) is 12.1 Å². The first kappa shape index (κ1) is 20.1. The molecular weight excluding hydrogens is 375 g/mol. The van der Waals surface area contributed by atoms with Crippen molar-refractivity contribution in [1.29, 1.82) is 0 Å². The second-order valence-corrected chi connectivity index (χ2v) is 6.35. The number of benzene rings is 2. The van der Waals surface area contributed by atoms with Gasteiger partial charge in [0.1, 0.15) is 11.5 Å². The SMILES string of the molecule is COc1cc(CC(F)(F)F)c(OC)cc1CCNCc1cccc2c1OCO2. The van der Waals surface area contributed by atoms with E-state index in [0.29, 0.717) is 25.3 Å². The third-order valence-corrected chi connectivity index (χ3v) is 4.44. The number of rotatable bonds is 8. The summed E-state index contributed by atoms with van der Waals surface area (Å²) in [7, 11) is 2.81. The van der Waals surface area contributed by atoms with Gasteiger partial charge in [-0.15, -0.1) is 0 Å². The first-order valence-electron chi connectivity index (χ1n) is 8.80. The second kappa shape index (κ2) is 8.60. The summed E-state index contributed by atoms with van der Waals surface area (Å²) in [5.41, 5.74) is 1.82. The second-order valence-electron chi connectivity index (χ2n) is 6.35. The molecule has 0 unspecified atom stereocenters. The molecule has 0 aliphatic carbocycles. The van der Waals surface area contributed by atoms with Crippen molar-refractivity contribution in [1.82, 2.24) is 5.32 Å². The summed E-state index contributed by atoms with van der Waals surface area (Å²) < 4.78 is 59.6. The average Bonchev–Trinajstić information content (AvgIpc) is 3.14. The van der Waals surface area contributed by atoms with E-state index in [0.717, 1.165) is 22.6 Å². The highest BCUT2D eigenvalue weighted by Crippen LogP contribution is 2.35. The van der Waals surface area contributed by atoms with Crippen LogP contribution in [0.5, 0.6) is 23.0 Å². The van der Waals surface area contributed by atoms with Gasteiger partial charge in [-0.3, -0.25) is 0 Å². The molecule has 0 radical (unpaired) electrons. The van der Waals surface area contributed by atoms with Crippen LogP contribution in [0.3, 0.4) is 0 Å². The topological polar surface area (TPSA) is 49.0 Å². The minimum absolute atomic E-state index is 0.0561. The zero-order chi connectivity index (χ0) is 20.1. The van der Waals surface area contributed by atoms with Crippen molar-refractivity contribution in [2.24, 2.45) is 0 Å². The number of fused-ring (bicyclic) bond motifs is 1. The number of alkyl halides is 3. The van der Waals surface area contributed by atoms with Crippen LogP contribution in [0.2, 0.25) is 0 Å². The number of hydrogen-bond donors (Lipinski definition) is 1. The molecule has 3 rings (SSSR count). The Bertz CT molecular complexity index is 824. The lowest BCUT2D eigenvalue weighted by Gasteiger charge is -2.16. The van der Waals surface area contributed by atoms with E-state index in [-0.39, 0.29) is 18.1 Å². The van der Waals surface area contributed by atoms with E-state index in [4.69, 9.17) is 18.9 Å². The molecule has 0 amide bonds. The third-order valence-electron chi connectivity index (χ3n) is 4.44. The minimum Gasteiger partial charge on any atom is -0.496 e. The zero-order valence-corrected chi connectivity index (χ0v) is 15.7. The predicted molar refractivity (Wildman–Crippen MR) is 97.3 cm³/mol. The number of ether oxygens (including phenoxy) is 4. The molecule has 1 aliphatic heterocycles. The molecular formula is C20H22F3NO4. The standard InChI is InChI=1S/C20H22F3NO4/c1-25-17-9-15(10-20(21,22)23)18(26-2)8-13(17)6-7-24-11-14-4-3-5-16-19(14)28-12-27-16/h3-5,8-9,24H,6-7,10-12H2,1-2H3. The summed E-state index contributed by atoms with van der Waals surface area (Å²) in [5, 5.41) is 3.31. The van der Waals surface area contributed by atoms with Crippen molar-refractivity contribution >= 4 is 0 Å². The molecule has 1 N–H and O–H groups in total. The van der Waals surface area contributed by atoms with E-state index in [1.807, 2.05) is 18.2 Å². The molecule has 0 bridgehead atoms. The van der Waals surface area contributed by atoms with Crippen LogP contribution in [0.1, 0.15) is 16.7 Å². The van der Waals surface area contributed by atoms with Gasteiger partial charge in [-0.05, 0) is 36.7 Å². The summed E-state index contributed by atoms with van der Waals surface area (Å²) in [6.45, 7) is 1.40. The number of methoxy groups -OCH3 is 2. The van der Waals surface area contributed by atoms with Gasteiger partial charge in [-0.25, -0.2) is 0 Å². The molecule has 28 heavy (non-hydrogen) atoms. The van der Waals surface area contributed by atoms with Gasteiger partial charge in [0.25, 0.3) is 0 Å². The Kier molecular flexibility index (Phi) is 6.18. The molecule has 0 saturated heterocycles. The van der Waals surface area contributed by atoms with Gasteiger partial charge in [0, 0.05) is 17.7 Å². The Morgan fingerprint density at radius 2 is 1.71 bits per heavy atom. The van der Waals surface area contributed by atoms with Crippen LogP contribution < -0.4 is 24.3 Å². The van der Waals surface area contributed by atoms with Gasteiger partial charge >= 0.3 is 6.18 Å². The highest BCUT2D eigenvalue weighted by atomic mass is 19.4. The van der Waals surface area contributed by atoms with Crippen LogP contribution in [-0.4, -0.2) is 33.7 Å². The smallest absolute Gasteiger partial charge is 0.393 e. The van der Waals surface area contributed by atoms with Crippen LogP contribution in [0, 0.1) is 0 Å². The summed E-state index contributed by atoms with van der Waals surface area (Å²) in [4.78, 5) is 0. The van der Waals surface area contributed by atoms with Crippen LogP contribution in [0.25, 0.3) is 0 Å². The average molecular weight is 397 g/mol. The van der Waals surface area contributed by atoms with Crippen molar-refractivity contribution in [2.45, 2.75) is 25.6 Å². The van der Waals surface area contributed by atoms with Gasteiger partial charge in [0.2, 0.25) is 6.79 Å². The Labute approximate surface area is 161 Å². The van der Waals surface area contributed by atoms with Crippen LogP contribution in [0.4, 0.5) is 13.2 Å². The van der Waals surface area contributed by atoms with Gasteiger partial charge in [0.05, 0.1) is 20.6 Å². The van der Waals surface area contributed by atoms with Gasteiger partial charge in [0.15, 0.2) is 11.5 Å². The maximum Gasteiger partial charge on any atom is 0.393 e. The molecule has 0 fully saturated rings. The first-order valence-corrected chi connectivity index (χ1v) is 8.80. The van der Waals surface area contributed by atoms with E-state index >= 15 is 0 Å². The van der Waals surface area contributed by atoms with Crippen molar-refractivity contribution in [3.63, 3.8) is 0 Å². The van der Waals surface area contributed by atoms with Crippen molar-refractivity contribution in [2.75, 3.05) is 27.6 Å². The highest BCUT2D eigenvalue weighted by Gasteiger charge is 2.30. The monoisotopic (exact) mass is 397 g/mol. The number of para-hydroxylation sites is 1. The Morgan fingerprint density at radius 3 is 2.43 bits per heavy atom. The predicted octanol–water partition coefficient (Wildman–Crippen LogP) is 3.87.